The molecule has 0 unspecified atom stereocenters. The number of benzene rings is 1. The molecule has 0 bridgehead atoms. The summed E-state index contributed by atoms with van der Waals surface area (Å²) in [6.07, 6.45) is 0. The normalized spacial score (nSPS) is 9.08. The molecule has 4 heteroatoms. The molecular formula is C8H13BrN2O. The van der Waals surface area contributed by atoms with Crippen molar-refractivity contribution in [3.63, 3.8) is 0 Å². The van der Waals surface area contributed by atoms with Gasteiger partial charge in [0.25, 0.3) is 0 Å². The summed E-state index contributed by atoms with van der Waals surface area (Å²) in [7, 11) is 1.63. The molecule has 68 valence electrons. The van der Waals surface area contributed by atoms with Crippen LogP contribution in [0.15, 0.2) is 18.2 Å². The van der Waals surface area contributed by atoms with Crippen LogP contribution in [0.2, 0.25) is 0 Å². The maximum absolute atomic E-state index is 5.64. The third-order valence-corrected chi connectivity index (χ3v) is 1.47. The van der Waals surface area contributed by atoms with Gasteiger partial charge in [-0.2, -0.15) is 0 Å². The molecule has 0 fully saturated rings. The minimum atomic E-state index is 0. The lowest BCUT2D eigenvalue weighted by Crippen LogP contribution is -1.97. The van der Waals surface area contributed by atoms with E-state index in [4.69, 9.17) is 16.2 Å². The van der Waals surface area contributed by atoms with Crippen LogP contribution < -0.4 is 11.5 Å². The highest BCUT2D eigenvalue weighted by Crippen LogP contribution is 2.15. The van der Waals surface area contributed by atoms with Crippen LogP contribution in [0.4, 0.5) is 11.4 Å². The molecule has 0 aromatic heterocycles. The van der Waals surface area contributed by atoms with Crippen molar-refractivity contribution in [2.45, 2.75) is 6.61 Å². The molecule has 0 radical (unpaired) electrons. The molecule has 1 aromatic rings. The molecule has 0 saturated carbocycles. The highest BCUT2D eigenvalue weighted by atomic mass is 79.9. The van der Waals surface area contributed by atoms with E-state index in [0.29, 0.717) is 12.3 Å². The highest BCUT2D eigenvalue weighted by Gasteiger charge is 1.97. The monoisotopic (exact) mass is 232 g/mol. The number of halogens is 1. The van der Waals surface area contributed by atoms with Gasteiger partial charge in [-0.25, -0.2) is 0 Å². The summed E-state index contributed by atoms with van der Waals surface area (Å²) in [5.41, 5.74) is 13.6. The van der Waals surface area contributed by atoms with Crippen molar-refractivity contribution in [3.8, 4) is 0 Å². The number of methoxy groups -OCH3 is 1. The van der Waals surface area contributed by atoms with Crippen molar-refractivity contribution in [2.75, 3.05) is 18.6 Å². The van der Waals surface area contributed by atoms with Crippen molar-refractivity contribution in [2.24, 2.45) is 0 Å². The van der Waals surface area contributed by atoms with E-state index in [-0.39, 0.29) is 17.0 Å². The van der Waals surface area contributed by atoms with Gasteiger partial charge in [-0.3, -0.25) is 0 Å². The molecule has 0 aliphatic carbocycles. The van der Waals surface area contributed by atoms with Crippen molar-refractivity contribution in [1.82, 2.24) is 0 Å². The van der Waals surface area contributed by atoms with Gasteiger partial charge in [-0.15, -0.1) is 17.0 Å². The fourth-order valence-electron chi connectivity index (χ4n) is 0.906. The number of anilines is 2. The van der Waals surface area contributed by atoms with Crippen LogP contribution in [0.5, 0.6) is 0 Å². The van der Waals surface area contributed by atoms with Gasteiger partial charge < -0.3 is 16.2 Å². The molecule has 1 aromatic carbocycles. The number of rotatable bonds is 2. The fraction of sp³-hybridized carbons (Fsp3) is 0.250. The minimum absolute atomic E-state index is 0. The Bertz CT molecular complexity index is 253. The molecule has 3 nitrogen and oxygen atoms in total. The van der Waals surface area contributed by atoms with Crippen molar-refractivity contribution in [1.29, 1.82) is 0 Å². The average Bonchev–Trinajstić information content (AvgIpc) is 1.98. The van der Waals surface area contributed by atoms with Crippen LogP contribution in [-0.2, 0) is 11.3 Å². The summed E-state index contributed by atoms with van der Waals surface area (Å²) in [6, 6.07) is 5.37. The smallest absolute Gasteiger partial charge is 0.0733 e. The lowest BCUT2D eigenvalue weighted by atomic mass is 10.2. The number of nitrogen functional groups attached to an aromatic ring is 2. The van der Waals surface area contributed by atoms with Gasteiger partial charge in [0.15, 0.2) is 0 Å². The Morgan fingerprint density at radius 2 is 2.00 bits per heavy atom. The van der Waals surface area contributed by atoms with Crippen LogP contribution in [0.1, 0.15) is 5.56 Å². The molecule has 0 saturated heterocycles. The second-order valence-electron chi connectivity index (χ2n) is 2.39. The van der Waals surface area contributed by atoms with Crippen LogP contribution >= 0.6 is 17.0 Å². The van der Waals surface area contributed by atoms with E-state index in [1.807, 2.05) is 6.07 Å². The molecule has 1 rings (SSSR count). The van der Waals surface area contributed by atoms with Gasteiger partial charge in [-0.1, -0.05) is 0 Å². The Hall–Kier alpha value is -0.740. The fourth-order valence-corrected chi connectivity index (χ4v) is 0.906. The molecule has 0 heterocycles. The molecule has 0 amide bonds. The topological polar surface area (TPSA) is 61.3 Å². The summed E-state index contributed by atoms with van der Waals surface area (Å²) in [6.45, 7) is 0.511. The first-order valence-electron chi connectivity index (χ1n) is 3.37. The van der Waals surface area contributed by atoms with E-state index in [2.05, 4.69) is 0 Å². The zero-order valence-electron chi connectivity index (χ0n) is 6.91. The Balaban J connectivity index is 0.00000121. The summed E-state index contributed by atoms with van der Waals surface area (Å²) >= 11 is 0. The van der Waals surface area contributed by atoms with E-state index in [9.17, 15) is 0 Å². The molecule has 12 heavy (non-hydrogen) atoms. The zero-order valence-corrected chi connectivity index (χ0v) is 8.62. The Kier molecular flexibility index (Phi) is 4.70. The predicted molar refractivity (Wildman–Crippen MR) is 56.3 cm³/mol. The van der Waals surface area contributed by atoms with Crippen molar-refractivity contribution in [3.05, 3.63) is 23.8 Å². The first kappa shape index (κ1) is 11.3. The second-order valence-corrected chi connectivity index (χ2v) is 2.39. The highest BCUT2D eigenvalue weighted by molar-refractivity contribution is 8.93. The van der Waals surface area contributed by atoms with Gasteiger partial charge in [-0.05, 0) is 18.2 Å². The molecular weight excluding hydrogens is 220 g/mol. The Labute approximate surface area is 82.5 Å². The molecule has 0 atom stereocenters. The van der Waals surface area contributed by atoms with Gasteiger partial charge in [0.05, 0.1) is 6.61 Å². The predicted octanol–water partition coefficient (Wildman–Crippen LogP) is 1.58. The quantitative estimate of drug-likeness (QED) is 0.762. The van der Waals surface area contributed by atoms with Crippen LogP contribution in [-0.4, -0.2) is 7.11 Å². The molecule has 0 spiro atoms. The lowest BCUT2D eigenvalue weighted by molar-refractivity contribution is 0.185. The van der Waals surface area contributed by atoms with Crippen molar-refractivity contribution < 1.29 is 4.74 Å². The summed E-state index contributed by atoms with van der Waals surface area (Å²) in [5, 5.41) is 0. The third-order valence-electron chi connectivity index (χ3n) is 1.47. The number of nitrogens with two attached hydrogens (primary N) is 2. The third kappa shape index (κ3) is 2.71. The van der Waals surface area contributed by atoms with Gasteiger partial charge >= 0.3 is 0 Å². The van der Waals surface area contributed by atoms with Crippen LogP contribution in [0.25, 0.3) is 0 Å². The Morgan fingerprint density at radius 3 is 2.58 bits per heavy atom. The van der Waals surface area contributed by atoms with Gasteiger partial charge in [0.2, 0.25) is 0 Å². The Morgan fingerprint density at radius 1 is 1.33 bits per heavy atom. The average molecular weight is 233 g/mol. The molecule has 0 aliphatic rings. The van der Waals surface area contributed by atoms with Crippen molar-refractivity contribution >= 4 is 28.4 Å². The number of hydrogen-bond acceptors (Lipinski definition) is 3. The summed E-state index contributed by atoms with van der Waals surface area (Å²) in [4.78, 5) is 0. The van der Waals surface area contributed by atoms with E-state index >= 15 is 0 Å². The first-order valence-corrected chi connectivity index (χ1v) is 3.37. The molecule has 4 N–H and O–H groups in total. The summed E-state index contributed by atoms with van der Waals surface area (Å²) in [5.74, 6) is 0. The number of ether oxygens (including phenoxy) is 1. The largest absolute Gasteiger partial charge is 0.399 e. The lowest BCUT2D eigenvalue weighted by Gasteiger charge is -2.04. The van der Waals surface area contributed by atoms with E-state index < -0.39 is 0 Å². The standard InChI is InChI=1S/C8H12N2O.BrH/c1-11-5-6-4-7(9)2-3-8(6)10;/h2-4H,5,9-10H2,1H3;1H. The van der Waals surface area contributed by atoms with E-state index in [0.717, 1.165) is 11.3 Å². The first-order chi connectivity index (χ1) is 5.24. The maximum Gasteiger partial charge on any atom is 0.0733 e. The second kappa shape index (κ2) is 5.00. The van der Waals surface area contributed by atoms with Gasteiger partial charge in [0, 0.05) is 24.0 Å². The van der Waals surface area contributed by atoms with Gasteiger partial charge in [0.1, 0.15) is 0 Å². The van der Waals surface area contributed by atoms with E-state index in [1.165, 1.54) is 0 Å². The van der Waals surface area contributed by atoms with E-state index in [1.54, 1.807) is 19.2 Å². The van der Waals surface area contributed by atoms with Crippen LogP contribution in [0, 0.1) is 0 Å². The summed E-state index contributed by atoms with van der Waals surface area (Å²) < 4.78 is 4.93. The van der Waals surface area contributed by atoms with Crippen LogP contribution in [0.3, 0.4) is 0 Å². The minimum Gasteiger partial charge on any atom is -0.399 e. The number of hydrogen-bond donors (Lipinski definition) is 2. The SMILES string of the molecule is Br.COCc1cc(N)ccc1N. The zero-order chi connectivity index (χ0) is 8.27. The molecule has 0 aliphatic heterocycles. The maximum atomic E-state index is 5.64.